The summed E-state index contributed by atoms with van der Waals surface area (Å²) in [5.74, 6) is 0. The molecule has 0 radical (unpaired) electrons. The average Bonchev–Trinajstić information content (AvgIpc) is 2.68. The van der Waals surface area contributed by atoms with E-state index in [2.05, 4.69) is 11.0 Å². The van der Waals surface area contributed by atoms with Crippen molar-refractivity contribution < 1.29 is 8.42 Å². The summed E-state index contributed by atoms with van der Waals surface area (Å²) in [4.78, 5) is 2.50. The Morgan fingerprint density at radius 3 is 1.96 bits per heavy atom. The van der Waals surface area contributed by atoms with Gasteiger partial charge < -0.3 is 0 Å². The number of piperazine rings is 1. The molecule has 2 aromatic carbocycles. The molecule has 1 unspecified atom stereocenters. The number of nitriles is 1. The Morgan fingerprint density at radius 2 is 1.46 bits per heavy atom. The molecule has 5 nitrogen and oxygen atoms in total. The molecule has 0 N–H and O–H groups in total. The highest BCUT2D eigenvalue weighted by atomic mass is 32.2. The first-order valence-corrected chi connectivity index (χ1v) is 11.0. The Labute approximate surface area is 168 Å². The Morgan fingerprint density at radius 1 is 0.929 bits per heavy atom. The molecule has 2 aromatic rings. The molecular formula is C22H27N3O2S. The van der Waals surface area contributed by atoms with Crippen molar-refractivity contribution in [2.24, 2.45) is 0 Å². The minimum absolute atomic E-state index is 0.351. The standard InChI is InChI=1S/C22H27N3O2S/c1-16-14-17(2)19(4)22(18(16)3)28(26,27)25-12-10-24(11-13-25)21(15-23)20-8-6-5-7-9-20/h5-9,14,21H,10-13H2,1-4H3. The maximum Gasteiger partial charge on any atom is 0.243 e. The summed E-state index contributed by atoms with van der Waals surface area (Å²) in [5, 5.41) is 9.65. The zero-order valence-corrected chi connectivity index (χ0v) is 17.8. The molecular weight excluding hydrogens is 370 g/mol. The molecule has 1 aliphatic heterocycles. The van der Waals surface area contributed by atoms with Crippen molar-refractivity contribution in [1.29, 1.82) is 5.26 Å². The van der Waals surface area contributed by atoms with Crippen molar-refractivity contribution in [2.75, 3.05) is 26.2 Å². The second-order valence-corrected chi connectivity index (χ2v) is 9.35. The lowest BCUT2D eigenvalue weighted by Crippen LogP contribution is -2.49. The van der Waals surface area contributed by atoms with Crippen LogP contribution in [0.1, 0.15) is 33.9 Å². The van der Waals surface area contributed by atoms with Crippen LogP contribution in [-0.2, 0) is 10.0 Å². The number of aryl methyl sites for hydroxylation is 2. The van der Waals surface area contributed by atoms with E-state index in [1.54, 1.807) is 4.31 Å². The number of hydrogen-bond acceptors (Lipinski definition) is 4. The zero-order chi connectivity index (χ0) is 20.5. The number of rotatable bonds is 4. The van der Waals surface area contributed by atoms with Gasteiger partial charge in [-0.05, 0) is 55.5 Å². The third-order valence-electron chi connectivity index (χ3n) is 5.77. The van der Waals surface area contributed by atoms with Gasteiger partial charge in [0, 0.05) is 26.2 Å². The highest BCUT2D eigenvalue weighted by Crippen LogP contribution is 2.30. The Kier molecular flexibility index (Phi) is 5.90. The number of benzene rings is 2. The highest BCUT2D eigenvalue weighted by molar-refractivity contribution is 7.89. The topological polar surface area (TPSA) is 64.4 Å². The highest BCUT2D eigenvalue weighted by Gasteiger charge is 2.33. The van der Waals surface area contributed by atoms with E-state index in [1.807, 2.05) is 64.1 Å². The van der Waals surface area contributed by atoms with Crippen molar-refractivity contribution in [2.45, 2.75) is 38.6 Å². The fraction of sp³-hybridized carbons (Fsp3) is 0.409. The summed E-state index contributed by atoms with van der Waals surface area (Å²) >= 11 is 0. The largest absolute Gasteiger partial charge is 0.282 e. The van der Waals surface area contributed by atoms with E-state index in [1.165, 1.54) is 0 Å². The van der Waals surface area contributed by atoms with Gasteiger partial charge in [0.1, 0.15) is 6.04 Å². The lowest BCUT2D eigenvalue weighted by atomic mass is 10.0. The lowest BCUT2D eigenvalue weighted by molar-refractivity contribution is 0.162. The lowest BCUT2D eigenvalue weighted by Gasteiger charge is -2.36. The molecule has 1 heterocycles. The molecule has 1 fully saturated rings. The van der Waals surface area contributed by atoms with Gasteiger partial charge in [0.2, 0.25) is 10.0 Å². The molecule has 148 valence electrons. The monoisotopic (exact) mass is 397 g/mol. The summed E-state index contributed by atoms with van der Waals surface area (Å²) in [5.41, 5.74) is 4.58. The SMILES string of the molecule is Cc1cc(C)c(C)c(S(=O)(=O)N2CCN(C(C#N)c3ccccc3)CC2)c1C. The third-order valence-corrected chi connectivity index (χ3v) is 7.94. The van der Waals surface area contributed by atoms with Gasteiger partial charge >= 0.3 is 0 Å². The van der Waals surface area contributed by atoms with Crippen LogP contribution >= 0.6 is 0 Å². The van der Waals surface area contributed by atoms with Crippen molar-refractivity contribution in [3.63, 3.8) is 0 Å². The maximum absolute atomic E-state index is 13.4. The summed E-state index contributed by atoms with van der Waals surface area (Å²) in [7, 11) is -3.57. The first-order valence-electron chi connectivity index (χ1n) is 9.53. The number of nitrogens with zero attached hydrogens (tertiary/aromatic N) is 3. The van der Waals surface area contributed by atoms with Gasteiger partial charge in [-0.3, -0.25) is 4.90 Å². The Bertz CT molecular complexity index is 976. The van der Waals surface area contributed by atoms with E-state index in [0.717, 1.165) is 27.8 Å². The smallest absolute Gasteiger partial charge is 0.243 e. The van der Waals surface area contributed by atoms with E-state index >= 15 is 0 Å². The van der Waals surface area contributed by atoms with E-state index in [4.69, 9.17) is 0 Å². The summed E-state index contributed by atoms with van der Waals surface area (Å²) in [6.07, 6.45) is 0. The first-order chi connectivity index (χ1) is 13.3. The van der Waals surface area contributed by atoms with Gasteiger partial charge in [0.25, 0.3) is 0 Å². The van der Waals surface area contributed by atoms with Crippen LogP contribution in [0.25, 0.3) is 0 Å². The van der Waals surface area contributed by atoms with Crippen LogP contribution in [0.4, 0.5) is 0 Å². The third kappa shape index (κ3) is 3.70. The molecule has 1 aliphatic rings. The fourth-order valence-corrected chi connectivity index (χ4v) is 5.90. The summed E-state index contributed by atoms with van der Waals surface area (Å²) in [6, 6.07) is 13.7. The van der Waals surface area contributed by atoms with Gasteiger partial charge in [-0.25, -0.2) is 8.42 Å². The quantitative estimate of drug-likeness (QED) is 0.792. The minimum Gasteiger partial charge on any atom is -0.282 e. The molecule has 0 bridgehead atoms. The second kappa shape index (κ2) is 8.04. The van der Waals surface area contributed by atoms with Gasteiger partial charge in [0.15, 0.2) is 0 Å². The van der Waals surface area contributed by atoms with E-state index in [0.29, 0.717) is 31.1 Å². The molecule has 1 atom stereocenters. The van der Waals surface area contributed by atoms with Crippen LogP contribution in [0.3, 0.4) is 0 Å². The van der Waals surface area contributed by atoms with Crippen molar-refractivity contribution in [3.8, 4) is 6.07 Å². The molecule has 3 rings (SSSR count). The van der Waals surface area contributed by atoms with Crippen LogP contribution in [0, 0.1) is 39.0 Å². The Balaban J connectivity index is 1.83. The molecule has 0 aromatic heterocycles. The first kappa shape index (κ1) is 20.5. The van der Waals surface area contributed by atoms with Crippen LogP contribution < -0.4 is 0 Å². The molecule has 0 amide bonds. The van der Waals surface area contributed by atoms with Gasteiger partial charge in [-0.15, -0.1) is 0 Å². The summed E-state index contributed by atoms with van der Waals surface area (Å²) < 4.78 is 28.4. The number of hydrogen-bond donors (Lipinski definition) is 0. The predicted molar refractivity (Wildman–Crippen MR) is 111 cm³/mol. The van der Waals surface area contributed by atoms with Crippen LogP contribution in [-0.4, -0.2) is 43.8 Å². The van der Waals surface area contributed by atoms with Crippen LogP contribution in [0.2, 0.25) is 0 Å². The van der Waals surface area contributed by atoms with Crippen molar-refractivity contribution in [1.82, 2.24) is 9.21 Å². The fourth-order valence-electron chi connectivity index (χ4n) is 3.90. The van der Waals surface area contributed by atoms with Crippen molar-refractivity contribution in [3.05, 3.63) is 64.2 Å². The summed E-state index contributed by atoms with van der Waals surface area (Å²) in [6.45, 7) is 9.52. The molecule has 0 spiro atoms. The normalized spacial score (nSPS) is 17.2. The van der Waals surface area contributed by atoms with Gasteiger partial charge in [0.05, 0.1) is 11.0 Å². The van der Waals surface area contributed by atoms with Crippen LogP contribution in [0.5, 0.6) is 0 Å². The van der Waals surface area contributed by atoms with Gasteiger partial charge in [-0.1, -0.05) is 36.4 Å². The van der Waals surface area contributed by atoms with E-state index in [-0.39, 0.29) is 6.04 Å². The van der Waals surface area contributed by atoms with E-state index in [9.17, 15) is 13.7 Å². The van der Waals surface area contributed by atoms with Crippen molar-refractivity contribution >= 4 is 10.0 Å². The molecule has 0 aliphatic carbocycles. The Hall–Kier alpha value is -2.20. The zero-order valence-electron chi connectivity index (χ0n) is 16.9. The molecule has 1 saturated heterocycles. The minimum atomic E-state index is -3.57. The molecule has 28 heavy (non-hydrogen) atoms. The number of sulfonamides is 1. The maximum atomic E-state index is 13.4. The van der Waals surface area contributed by atoms with E-state index < -0.39 is 10.0 Å². The van der Waals surface area contributed by atoms with Crippen LogP contribution in [0.15, 0.2) is 41.3 Å². The van der Waals surface area contributed by atoms with Gasteiger partial charge in [-0.2, -0.15) is 9.57 Å². The predicted octanol–water partition coefficient (Wildman–Crippen LogP) is 3.49. The molecule has 0 saturated carbocycles. The average molecular weight is 398 g/mol. The second-order valence-electron chi connectivity index (χ2n) is 7.47. The molecule has 6 heteroatoms.